The second-order valence-corrected chi connectivity index (χ2v) is 2.32. The summed E-state index contributed by atoms with van der Waals surface area (Å²) in [6, 6.07) is 0. The summed E-state index contributed by atoms with van der Waals surface area (Å²) in [5, 5.41) is 0. The molecule has 0 aromatic carbocycles. The van der Waals surface area contributed by atoms with Crippen molar-refractivity contribution >= 4 is 17.7 Å². The minimum absolute atomic E-state index is 0.193. The third-order valence-corrected chi connectivity index (χ3v) is 1.02. The first kappa shape index (κ1) is 11.4. The molecule has 0 unspecified atom stereocenters. The van der Waals surface area contributed by atoms with E-state index in [-0.39, 0.29) is 5.57 Å². The summed E-state index contributed by atoms with van der Waals surface area (Å²) >= 11 is 0. The van der Waals surface area contributed by atoms with Crippen LogP contribution in [0, 0.1) is 0 Å². The molecule has 0 saturated carbocycles. The predicted octanol–water partition coefficient (Wildman–Crippen LogP) is 0.195. The first-order chi connectivity index (χ1) is 5.95. The number of hydrogen-bond donors (Lipinski definition) is 0. The Morgan fingerprint density at radius 3 is 1.92 bits per heavy atom. The molecule has 0 fully saturated rings. The largest absolute Gasteiger partial charge is 0.425 e. The number of ether oxygens (including phenoxy) is 2. The number of rotatable bonds is 4. The van der Waals surface area contributed by atoms with E-state index in [1.54, 1.807) is 0 Å². The summed E-state index contributed by atoms with van der Waals surface area (Å²) in [7, 11) is 0. The van der Waals surface area contributed by atoms with Crippen molar-refractivity contribution in [2.45, 2.75) is 13.8 Å². The first-order valence-corrected chi connectivity index (χ1v) is 3.45. The molecule has 0 aromatic rings. The highest BCUT2D eigenvalue weighted by atomic mass is 16.7. The molecule has 5 heteroatoms. The number of Topliss-reactive ketones (excluding diaryl/α,β-unsaturated/α-hetero) is 1. The van der Waals surface area contributed by atoms with Gasteiger partial charge in [-0.1, -0.05) is 6.58 Å². The van der Waals surface area contributed by atoms with Gasteiger partial charge < -0.3 is 9.47 Å². The van der Waals surface area contributed by atoms with E-state index in [1.807, 2.05) is 0 Å². The molecule has 5 nitrogen and oxygen atoms in total. The zero-order valence-electron chi connectivity index (χ0n) is 7.46. The number of carbonyl (C=O) groups is 3. The summed E-state index contributed by atoms with van der Waals surface area (Å²) < 4.78 is 8.64. The molecule has 0 N–H and O–H groups in total. The summed E-state index contributed by atoms with van der Waals surface area (Å²) in [6.07, 6.45) is 0. The number of esters is 2. The van der Waals surface area contributed by atoms with Crippen molar-refractivity contribution < 1.29 is 23.9 Å². The SMILES string of the molecule is C=C(C)C(=O)OCOC(=O)C(C)=O. The normalized spacial score (nSPS) is 8.77. The average Bonchev–Trinajstić information content (AvgIpc) is 2.03. The first-order valence-electron chi connectivity index (χ1n) is 3.45. The molecule has 72 valence electrons. The molecule has 0 rings (SSSR count). The van der Waals surface area contributed by atoms with Gasteiger partial charge in [0.2, 0.25) is 12.6 Å². The van der Waals surface area contributed by atoms with Gasteiger partial charge in [0.05, 0.1) is 0 Å². The van der Waals surface area contributed by atoms with Gasteiger partial charge in [0.25, 0.3) is 0 Å². The maximum absolute atomic E-state index is 10.7. The minimum Gasteiger partial charge on any atom is -0.425 e. The fraction of sp³-hybridized carbons (Fsp3) is 0.375. The van der Waals surface area contributed by atoms with Crippen molar-refractivity contribution in [1.82, 2.24) is 0 Å². The van der Waals surface area contributed by atoms with Crippen molar-refractivity contribution in [2.75, 3.05) is 6.79 Å². The Kier molecular flexibility index (Phi) is 4.43. The molecule has 0 aliphatic rings. The molecule has 0 bridgehead atoms. The van der Waals surface area contributed by atoms with Crippen LogP contribution in [0.25, 0.3) is 0 Å². The van der Waals surface area contributed by atoms with Crippen molar-refractivity contribution in [2.24, 2.45) is 0 Å². The van der Waals surface area contributed by atoms with Crippen LogP contribution < -0.4 is 0 Å². The Morgan fingerprint density at radius 2 is 1.54 bits per heavy atom. The smallest absolute Gasteiger partial charge is 0.377 e. The lowest BCUT2D eigenvalue weighted by atomic mass is 10.4. The van der Waals surface area contributed by atoms with E-state index >= 15 is 0 Å². The van der Waals surface area contributed by atoms with Crippen molar-refractivity contribution in [1.29, 1.82) is 0 Å². The van der Waals surface area contributed by atoms with Crippen molar-refractivity contribution in [3.8, 4) is 0 Å². The second-order valence-electron chi connectivity index (χ2n) is 2.32. The average molecular weight is 186 g/mol. The zero-order valence-corrected chi connectivity index (χ0v) is 7.46. The Morgan fingerprint density at radius 1 is 1.08 bits per heavy atom. The van der Waals surface area contributed by atoms with Crippen LogP contribution in [-0.4, -0.2) is 24.5 Å². The van der Waals surface area contributed by atoms with Gasteiger partial charge in [-0.2, -0.15) is 0 Å². The van der Waals surface area contributed by atoms with E-state index in [0.717, 1.165) is 6.92 Å². The van der Waals surface area contributed by atoms with Crippen LogP contribution in [0.15, 0.2) is 12.2 Å². The molecule has 0 saturated heterocycles. The highest BCUT2D eigenvalue weighted by Crippen LogP contribution is 1.92. The Labute approximate surface area is 75.3 Å². The number of hydrogen-bond acceptors (Lipinski definition) is 5. The van der Waals surface area contributed by atoms with Gasteiger partial charge >= 0.3 is 11.9 Å². The highest BCUT2D eigenvalue weighted by molar-refractivity contribution is 6.32. The second kappa shape index (κ2) is 5.08. The van der Waals surface area contributed by atoms with Gasteiger partial charge in [-0.3, -0.25) is 4.79 Å². The Hall–Kier alpha value is -1.65. The van der Waals surface area contributed by atoms with Crippen LogP contribution in [0.1, 0.15) is 13.8 Å². The molecule has 0 atom stereocenters. The molecule has 0 aliphatic heterocycles. The molecule has 0 aromatic heterocycles. The van der Waals surface area contributed by atoms with Gasteiger partial charge in [-0.15, -0.1) is 0 Å². The quantitative estimate of drug-likeness (QED) is 0.271. The van der Waals surface area contributed by atoms with Crippen LogP contribution in [0.2, 0.25) is 0 Å². The maximum atomic E-state index is 10.7. The number of carbonyl (C=O) groups excluding carboxylic acids is 3. The lowest BCUT2D eigenvalue weighted by Gasteiger charge is -2.03. The fourth-order valence-electron chi connectivity index (χ4n) is 0.361. The van der Waals surface area contributed by atoms with Gasteiger partial charge in [0.15, 0.2) is 0 Å². The van der Waals surface area contributed by atoms with Gasteiger partial charge in [0, 0.05) is 12.5 Å². The summed E-state index contributed by atoms with van der Waals surface area (Å²) in [5.74, 6) is -2.45. The van der Waals surface area contributed by atoms with E-state index in [4.69, 9.17) is 0 Å². The van der Waals surface area contributed by atoms with E-state index in [0.29, 0.717) is 0 Å². The van der Waals surface area contributed by atoms with Crippen molar-refractivity contribution in [3.05, 3.63) is 12.2 Å². The minimum atomic E-state index is -1.03. The standard InChI is InChI=1S/C8H10O5/c1-5(2)7(10)12-4-13-8(11)6(3)9/h1,4H2,2-3H3. The van der Waals surface area contributed by atoms with Gasteiger partial charge in [-0.05, 0) is 6.92 Å². The third-order valence-electron chi connectivity index (χ3n) is 1.02. The molecule has 0 amide bonds. The van der Waals surface area contributed by atoms with Gasteiger partial charge in [-0.25, -0.2) is 9.59 Å². The zero-order chi connectivity index (χ0) is 10.4. The summed E-state index contributed by atoms with van der Waals surface area (Å²) in [5.41, 5.74) is 0.193. The van der Waals surface area contributed by atoms with E-state index < -0.39 is 24.5 Å². The summed E-state index contributed by atoms with van der Waals surface area (Å²) in [4.78, 5) is 31.5. The van der Waals surface area contributed by atoms with Crippen LogP contribution in [-0.2, 0) is 23.9 Å². The monoisotopic (exact) mass is 186 g/mol. The predicted molar refractivity (Wildman–Crippen MR) is 42.5 cm³/mol. The Bertz CT molecular complexity index is 227. The van der Waals surface area contributed by atoms with Gasteiger partial charge in [0.1, 0.15) is 0 Å². The van der Waals surface area contributed by atoms with Crippen LogP contribution in [0.5, 0.6) is 0 Å². The molecule has 0 spiro atoms. The lowest BCUT2D eigenvalue weighted by molar-refractivity contribution is -0.168. The van der Waals surface area contributed by atoms with Crippen molar-refractivity contribution in [3.63, 3.8) is 0 Å². The topological polar surface area (TPSA) is 69.7 Å². The molecular formula is C8H10O5. The fourth-order valence-corrected chi connectivity index (χ4v) is 0.361. The molecular weight excluding hydrogens is 176 g/mol. The van der Waals surface area contributed by atoms with E-state index in [1.165, 1.54) is 6.92 Å². The van der Waals surface area contributed by atoms with E-state index in [9.17, 15) is 14.4 Å². The highest BCUT2D eigenvalue weighted by Gasteiger charge is 2.10. The third kappa shape index (κ3) is 4.73. The molecule has 0 aliphatic carbocycles. The summed E-state index contributed by atoms with van der Waals surface area (Å²) in [6.45, 7) is 5.25. The maximum Gasteiger partial charge on any atom is 0.377 e. The Balaban J connectivity index is 3.69. The van der Waals surface area contributed by atoms with Crippen LogP contribution in [0.3, 0.4) is 0 Å². The lowest BCUT2D eigenvalue weighted by Crippen LogP contribution is -2.17. The van der Waals surface area contributed by atoms with Crippen LogP contribution in [0.4, 0.5) is 0 Å². The molecule has 13 heavy (non-hydrogen) atoms. The molecule has 0 heterocycles. The number of ketones is 1. The van der Waals surface area contributed by atoms with Crippen LogP contribution >= 0.6 is 0 Å². The molecule has 0 radical (unpaired) electrons. The van der Waals surface area contributed by atoms with E-state index in [2.05, 4.69) is 16.1 Å².